The Morgan fingerprint density at radius 3 is 2.61 bits per heavy atom. The van der Waals surface area contributed by atoms with Crippen LogP contribution in [0.4, 0.5) is 5.69 Å². The van der Waals surface area contributed by atoms with Gasteiger partial charge in [0.05, 0.1) is 11.2 Å². The first-order chi connectivity index (χ1) is 8.15. The summed E-state index contributed by atoms with van der Waals surface area (Å²) in [6.45, 7) is 1.53. The van der Waals surface area contributed by atoms with Gasteiger partial charge in [-0.3, -0.25) is 9.35 Å². The minimum atomic E-state index is -4.24. The lowest BCUT2D eigenvalue weighted by molar-refractivity contribution is -0.121. The average Bonchev–Trinajstić information content (AvgIpc) is 2.39. The fraction of sp³-hybridized carbons (Fsp3) is 0.364. The summed E-state index contributed by atoms with van der Waals surface area (Å²) in [5.74, 6) is -0.958. The van der Waals surface area contributed by atoms with Crippen LogP contribution in [0.3, 0.4) is 0 Å². The predicted molar refractivity (Wildman–Crippen MR) is 71.3 cm³/mol. The third-order valence-corrected chi connectivity index (χ3v) is 4.60. The molecule has 1 aliphatic heterocycles. The van der Waals surface area contributed by atoms with Crippen molar-refractivity contribution in [3.63, 3.8) is 0 Å². The maximum Gasteiger partial charge on any atom is 0.266 e. The molecule has 1 heterocycles. The Morgan fingerprint density at radius 1 is 1.44 bits per heavy atom. The highest BCUT2D eigenvalue weighted by Crippen LogP contribution is 2.42. The van der Waals surface area contributed by atoms with Crippen LogP contribution in [-0.4, -0.2) is 31.7 Å². The molecule has 1 aliphatic rings. The monoisotopic (exact) mass is 333 g/mol. The molecule has 1 N–H and O–H groups in total. The summed E-state index contributed by atoms with van der Waals surface area (Å²) in [6, 6.07) is 5.23. The number of amides is 1. The molecule has 1 amide bonds. The summed E-state index contributed by atoms with van der Waals surface area (Å²) in [6.07, 6.45) is 0. The second-order valence-corrected chi connectivity index (χ2v) is 6.95. The summed E-state index contributed by atoms with van der Waals surface area (Å²) in [4.78, 5) is 13.6. The zero-order chi connectivity index (χ0) is 13.7. The lowest BCUT2D eigenvalue weighted by Crippen LogP contribution is -2.41. The van der Waals surface area contributed by atoms with E-state index in [4.69, 9.17) is 4.55 Å². The number of carbonyl (C=O) groups is 1. The minimum Gasteiger partial charge on any atom is -0.314 e. The van der Waals surface area contributed by atoms with E-state index >= 15 is 0 Å². The van der Waals surface area contributed by atoms with Gasteiger partial charge in [0.2, 0.25) is 5.91 Å². The number of hydrogen-bond donors (Lipinski definition) is 1. The Balaban J connectivity index is 2.64. The van der Waals surface area contributed by atoms with Crippen LogP contribution in [-0.2, 0) is 20.3 Å². The smallest absolute Gasteiger partial charge is 0.266 e. The molecule has 0 saturated heterocycles. The van der Waals surface area contributed by atoms with Gasteiger partial charge in [0.15, 0.2) is 0 Å². The molecule has 0 radical (unpaired) electrons. The molecule has 0 fully saturated rings. The Labute approximate surface area is 114 Å². The quantitative estimate of drug-likeness (QED) is 0.833. The van der Waals surface area contributed by atoms with Crippen LogP contribution < -0.4 is 4.90 Å². The Kier molecular flexibility index (Phi) is 3.03. The van der Waals surface area contributed by atoms with Gasteiger partial charge in [-0.15, -0.1) is 0 Å². The van der Waals surface area contributed by atoms with Crippen LogP contribution in [0.2, 0.25) is 0 Å². The number of halogens is 1. The first-order valence-electron chi connectivity index (χ1n) is 5.18. The number of hydrogen-bond acceptors (Lipinski definition) is 3. The highest BCUT2D eigenvalue weighted by molar-refractivity contribution is 9.10. The van der Waals surface area contributed by atoms with Crippen molar-refractivity contribution in [2.24, 2.45) is 0 Å². The van der Waals surface area contributed by atoms with Crippen molar-refractivity contribution in [3.8, 4) is 0 Å². The lowest BCUT2D eigenvalue weighted by atomic mass is 9.86. The van der Waals surface area contributed by atoms with E-state index in [1.807, 2.05) is 0 Å². The van der Waals surface area contributed by atoms with Crippen molar-refractivity contribution in [2.75, 3.05) is 17.7 Å². The van der Waals surface area contributed by atoms with Crippen molar-refractivity contribution in [3.05, 3.63) is 28.2 Å². The molecule has 7 heteroatoms. The van der Waals surface area contributed by atoms with E-state index in [0.717, 1.165) is 4.47 Å². The summed E-state index contributed by atoms with van der Waals surface area (Å²) >= 11 is 3.29. The second kappa shape index (κ2) is 4.04. The number of fused-ring (bicyclic) bond motifs is 1. The largest absolute Gasteiger partial charge is 0.314 e. The van der Waals surface area contributed by atoms with Gasteiger partial charge in [-0.25, -0.2) is 0 Å². The minimum absolute atomic E-state index is 0.340. The molecule has 1 unspecified atom stereocenters. The van der Waals surface area contributed by atoms with E-state index in [-0.39, 0.29) is 5.91 Å². The summed E-state index contributed by atoms with van der Waals surface area (Å²) in [5, 5.41) is 0. The maximum atomic E-state index is 12.2. The third-order valence-electron chi connectivity index (χ3n) is 3.16. The Hall–Kier alpha value is -0.920. The van der Waals surface area contributed by atoms with E-state index in [1.165, 1.54) is 11.8 Å². The summed E-state index contributed by atoms with van der Waals surface area (Å²) in [5.41, 5.74) is 0.0119. The van der Waals surface area contributed by atoms with Crippen LogP contribution in [0.1, 0.15) is 12.5 Å². The van der Waals surface area contributed by atoms with Gasteiger partial charge in [0.1, 0.15) is 0 Å². The van der Waals surface area contributed by atoms with Gasteiger partial charge < -0.3 is 4.90 Å². The predicted octanol–water partition coefficient (Wildman–Crippen LogP) is 1.57. The molecule has 0 saturated carbocycles. The normalized spacial score (nSPS) is 23.3. The molecular weight excluding hydrogens is 322 g/mol. The lowest BCUT2D eigenvalue weighted by Gasteiger charge is -2.21. The van der Waals surface area contributed by atoms with Crippen molar-refractivity contribution < 1.29 is 17.8 Å². The van der Waals surface area contributed by atoms with Gasteiger partial charge in [-0.1, -0.05) is 15.9 Å². The zero-order valence-corrected chi connectivity index (χ0v) is 12.2. The van der Waals surface area contributed by atoms with Gasteiger partial charge >= 0.3 is 0 Å². The first-order valence-corrected chi connectivity index (χ1v) is 7.59. The van der Waals surface area contributed by atoms with E-state index in [0.29, 0.717) is 11.3 Å². The topological polar surface area (TPSA) is 74.7 Å². The van der Waals surface area contributed by atoms with E-state index in [2.05, 4.69) is 15.9 Å². The molecule has 0 bridgehead atoms. The average molecular weight is 334 g/mol. The van der Waals surface area contributed by atoms with Crippen LogP contribution >= 0.6 is 15.9 Å². The molecule has 0 spiro atoms. The maximum absolute atomic E-state index is 12.2. The van der Waals surface area contributed by atoms with Crippen molar-refractivity contribution in [2.45, 2.75) is 12.3 Å². The van der Waals surface area contributed by atoms with E-state index < -0.39 is 21.3 Å². The van der Waals surface area contributed by atoms with Crippen LogP contribution in [0.25, 0.3) is 0 Å². The van der Waals surface area contributed by atoms with E-state index in [9.17, 15) is 13.2 Å². The molecule has 5 nitrogen and oxygen atoms in total. The molecular formula is C11H12BrNO4S. The SMILES string of the molecule is CN1C(=O)C(C)(CS(=O)(=O)O)c2cc(Br)ccc21. The number of nitrogens with zero attached hydrogens (tertiary/aromatic N) is 1. The van der Waals surface area contributed by atoms with Crippen molar-refractivity contribution >= 4 is 37.6 Å². The van der Waals surface area contributed by atoms with Gasteiger partial charge in [0.25, 0.3) is 10.1 Å². The number of likely N-dealkylation sites (N-methyl/N-ethyl adjacent to an activating group) is 1. The molecule has 1 aromatic rings. The van der Waals surface area contributed by atoms with Gasteiger partial charge in [0, 0.05) is 17.2 Å². The Bertz CT molecular complexity index is 628. The highest BCUT2D eigenvalue weighted by atomic mass is 79.9. The fourth-order valence-corrected chi connectivity index (χ4v) is 3.71. The van der Waals surface area contributed by atoms with Gasteiger partial charge in [-0.2, -0.15) is 8.42 Å². The number of benzene rings is 1. The van der Waals surface area contributed by atoms with Crippen molar-refractivity contribution in [1.29, 1.82) is 0 Å². The molecule has 0 aliphatic carbocycles. The highest BCUT2D eigenvalue weighted by Gasteiger charge is 2.48. The molecule has 1 aromatic carbocycles. The fourth-order valence-electron chi connectivity index (χ4n) is 2.34. The van der Waals surface area contributed by atoms with Crippen LogP contribution in [0, 0.1) is 0 Å². The summed E-state index contributed by atoms with van der Waals surface area (Å²) in [7, 11) is -2.65. The Morgan fingerprint density at radius 2 is 2.06 bits per heavy atom. The van der Waals surface area contributed by atoms with Crippen molar-refractivity contribution in [1.82, 2.24) is 0 Å². The molecule has 98 valence electrons. The standard InChI is InChI=1S/C11H12BrNO4S/c1-11(6-18(15,16)17)8-5-7(12)3-4-9(8)13(2)10(11)14/h3-5H,6H2,1-2H3,(H,15,16,17). The van der Waals surface area contributed by atoms with Crippen LogP contribution in [0.15, 0.2) is 22.7 Å². The van der Waals surface area contributed by atoms with Crippen LogP contribution in [0.5, 0.6) is 0 Å². The number of carbonyl (C=O) groups excluding carboxylic acids is 1. The van der Waals surface area contributed by atoms with E-state index in [1.54, 1.807) is 25.2 Å². The first kappa shape index (κ1) is 13.5. The van der Waals surface area contributed by atoms with Gasteiger partial charge in [-0.05, 0) is 30.7 Å². The second-order valence-electron chi connectivity index (χ2n) is 4.58. The summed E-state index contributed by atoms with van der Waals surface area (Å²) < 4.78 is 32.0. The third kappa shape index (κ3) is 2.06. The molecule has 2 rings (SSSR count). The zero-order valence-electron chi connectivity index (χ0n) is 9.84. The molecule has 18 heavy (non-hydrogen) atoms. The molecule has 0 aromatic heterocycles. The number of anilines is 1. The number of rotatable bonds is 2. The molecule has 1 atom stereocenters.